The summed E-state index contributed by atoms with van der Waals surface area (Å²) in [4.78, 5) is 31.9. The highest BCUT2D eigenvalue weighted by molar-refractivity contribution is 5.98. The van der Waals surface area contributed by atoms with Crippen molar-refractivity contribution < 1.29 is 14.3 Å². The van der Waals surface area contributed by atoms with Crippen LogP contribution in [0.25, 0.3) is 10.9 Å². The Morgan fingerprint density at radius 1 is 0.893 bits per heavy atom. The Labute approximate surface area is 163 Å². The van der Waals surface area contributed by atoms with Crippen molar-refractivity contribution in [1.29, 1.82) is 0 Å². The molecule has 2 amide bonds. The summed E-state index contributed by atoms with van der Waals surface area (Å²) in [5.41, 5.74) is 1.55. The van der Waals surface area contributed by atoms with Crippen LogP contribution in [-0.4, -0.2) is 59.4 Å². The molecular formula is C22H23N3O3. The normalized spacial score (nSPS) is 14.3. The number of ether oxygens (including phenoxy) is 1. The molecule has 0 aliphatic carbocycles. The van der Waals surface area contributed by atoms with Crippen LogP contribution in [0.5, 0.6) is 5.75 Å². The van der Waals surface area contributed by atoms with Gasteiger partial charge in [0.15, 0.2) is 0 Å². The van der Waals surface area contributed by atoms with E-state index in [0.717, 1.165) is 16.7 Å². The Bertz CT molecular complexity index is 926. The lowest BCUT2D eigenvalue weighted by Crippen LogP contribution is -2.50. The molecule has 6 nitrogen and oxygen atoms in total. The zero-order valence-corrected chi connectivity index (χ0v) is 15.6. The molecule has 0 atom stereocenters. The average Bonchev–Trinajstić information content (AvgIpc) is 3.18. The van der Waals surface area contributed by atoms with Gasteiger partial charge in [-0.05, 0) is 24.3 Å². The van der Waals surface area contributed by atoms with Gasteiger partial charge in [0.2, 0.25) is 5.91 Å². The van der Waals surface area contributed by atoms with Gasteiger partial charge < -0.3 is 19.5 Å². The zero-order valence-electron chi connectivity index (χ0n) is 15.6. The first-order valence-electron chi connectivity index (χ1n) is 9.53. The fourth-order valence-electron chi connectivity index (χ4n) is 3.45. The molecule has 0 spiro atoms. The van der Waals surface area contributed by atoms with Gasteiger partial charge in [-0.1, -0.05) is 36.4 Å². The minimum absolute atomic E-state index is 0.0179. The van der Waals surface area contributed by atoms with Crippen LogP contribution in [-0.2, 0) is 4.79 Å². The van der Waals surface area contributed by atoms with E-state index in [2.05, 4.69) is 4.98 Å². The molecule has 2 heterocycles. The van der Waals surface area contributed by atoms with Crippen LogP contribution >= 0.6 is 0 Å². The van der Waals surface area contributed by atoms with Crippen LogP contribution in [0.2, 0.25) is 0 Å². The molecule has 1 fully saturated rings. The van der Waals surface area contributed by atoms with E-state index in [1.165, 1.54) is 0 Å². The maximum atomic E-state index is 12.7. The summed E-state index contributed by atoms with van der Waals surface area (Å²) in [6.45, 7) is 2.54. The number of amides is 2. The predicted molar refractivity (Wildman–Crippen MR) is 107 cm³/mol. The van der Waals surface area contributed by atoms with Gasteiger partial charge in [-0.3, -0.25) is 9.59 Å². The fraction of sp³-hybridized carbons (Fsp3) is 0.273. The number of carbonyl (C=O) groups is 2. The second-order valence-electron chi connectivity index (χ2n) is 6.85. The number of rotatable bonds is 5. The van der Waals surface area contributed by atoms with Crippen LogP contribution in [0.4, 0.5) is 0 Å². The third-order valence-corrected chi connectivity index (χ3v) is 5.01. The smallest absolute Gasteiger partial charge is 0.270 e. The number of hydrogen-bond acceptors (Lipinski definition) is 3. The van der Waals surface area contributed by atoms with Gasteiger partial charge in [0.25, 0.3) is 5.91 Å². The Morgan fingerprint density at radius 2 is 1.57 bits per heavy atom. The Kier molecular flexibility index (Phi) is 5.28. The fourth-order valence-corrected chi connectivity index (χ4v) is 3.45. The highest BCUT2D eigenvalue weighted by Crippen LogP contribution is 2.17. The van der Waals surface area contributed by atoms with E-state index in [0.29, 0.717) is 44.9 Å². The SMILES string of the molecule is O=C(CCOc1ccccc1)N1CCN(C(=O)c2cc3ccccc3[nH]2)CC1. The number of para-hydroxylation sites is 2. The Morgan fingerprint density at radius 3 is 2.32 bits per heavy atom. The summed E-state index contributed by atoms with van der Waals surface area (Å²) in [7, 11) is 0. The first kappa shape index (κ1) is 18.1. The molecule has 1 aliphatic rings. The van der Waals surface area contributed by atoms with Crippen LogP contribution in [0.15, 0.2) is 60.7 Å². The number of carbonyl (C=O) groups excluding carboxylic acids is 2. The topological polar surface area (TPSA) is 65.6 Å². The van der Waals surface area contributed by atoms with Crippen molar-refractivity contribution in [3.63, 3.8) is 0 Å². The van der Waals surface area contributed by atoms with Crippen molar-refractivity contribution in [2.45, 2.75) is 6.42 Å². The maximum Gasteiger partial charge on any atom is 0.270 e. The lowest BCUT2D eigenvalue weighted by atomic mass is 10.2. The predicted octanol–water partition coefficient (Wildman–Crippen LogP) is 2.92. The Balaban J connectivity index is 1.26. The largest absolute Gasteiger partial charge is 0.493 e. The highest BCUT2D eigenvalue weighted by Gasteiger charge is 2.25. The van der Waals surface area contributed by atoms with E-state index in [-0.39, 0.29) is 11.8 Å². The molecule has 1 aromatic heterocycles. The molecule has 3 aromatic rings. The molecule has 6 heteroatoms. The van der Waals surface area contributed by atoms with Crippen molar-refractivity contribution in [3.05, 3.63) is 66.4 Å². The number of aromatic amines is 1. The van der Waals surface area contributed by atoms with Crippen LogP contribution in [0.1, 0.15) is 16.9 Å². The molecule has 2 aromatic carbocycles. The van der Waals surface area contributed by atoms with Gasteiger partial charge in [0.1, 0.15) is 11.4 Å². The number of fused-ring (bicyclic) bond motifs is 1. The summed E-state index contributed by atoms with van der Waals surface area (Å²) in [5.74, 6) is 0.813. The Hall–Kier alpha value is -3.28. The lowest BCUT2D eigenvalue weighted by Gasteiger charge is -2.34. The number of benzene rings is 2. The molecule has 0 saturated carbocycles. The van der Waals surface area contributed by atoms with Crippen molar-refractivity contribution in [2.75, 3.05) is 32.8 Å². The zero-order chi connectivity index (χ0) is 19.3. The van der Waals surface area contributed by atoms with Gasteiger partial charge in [-0.25, -0.2) is 0 Å². The first-order valence-corrected chi connectivity index (χ1v) is 9.53. The van der Waals surface area contributed by atoms with E-state index in [9.17, 15) is 9.59 Å². The lowest BCUT2D eigenvalue weighted by molar-refractivity contribution is -0.133. The summed E-state index contributed by atoms with van der Waals surface area (Å²) < 4.78 is 5.60. The molecule has 0 radical (unpaired) electrons. The number of hydrogen-bond donors (Lipinski definition) is 1. The second kappa shape index (κ2) is 8.17. The summed E-state index contributed by atoms with van der Waals surface area (Å²) in [6.07, 6.45) is 0.338. The van der Waals surface area contributed by atoms with Crippen LogP contribution < -0.4 is 4.74 Å². The highest BCUT2D eigenvalue weighted by atomic mass is 16.5. The monoisotopic (exact) mass is 377 g/mol. The van der Waals surface area contributed by atoms with Gasteiger partial charge in [-0.15, -0.1) is 0 Å². The van der Waals surface area contributed by atoms with Crippen LogP contribution in [0.3, 0.4) is 0 Å². The summed E-state index contributed by atoms with van der Waals surface area (Å²) in [6, 6.07) is 19.2. The number of piperazine rings is 1. The summed E-state index contributed by atoms with van der Waals surface area (Å²) in [5, 5.41) is 1.03. The minimum Gasteiger partial charge on any atom is -0.493 e. The molecule has 1 aliphatic heterocycles. The van der Waals surface area contributed by atoms with E-state index >= 15 is 0 Å². The second-order valence-corrected chi connectivity index (χ2v) is 6.85. The van der Waals surface area contributed by atoms with E-state index < -0.39 is 0 Å². The van der Waals surface area contributed by atoms with Gasteiger partial charge in [0.05, 0.1) is 13.0 Å². The number of H-pyrrole nitrogens is 1. The molecule has 1 N–H and O–H groups in total. The summed E-state index contributed by atoms with van der Waals surface area (Å²) >= 11 is 0. The number of aromatic nitrogens is 1. The molecular weight excluding hydrogens is 354 g/mol. The van der Waals surface area contributed by atoms with Crippen LogP contribution in [0, 0.1) is 0 Å². The van der Waals surface area contributed by atoms with Gasteiger partial charge >= 0.3 is 0 Å². The van der Waals surface area contributed by atoms with Gasteiger partial charge in [-0.2, -0.15) is 0 Å². The average molecular weight is 377 g/mol. The standard InChI is InChI=1S/C22H23N3O3/c26-21(10-15-28-18-7-2-1-3-8-18)24-11-13-25(14-12-24)22(27)20-16-17-6-4-5-9-19(17)23-20/h1-9,16,23H,10-15H2. The quantitative estimate of drug-likeness (QED) is 0.744. The van der Waals surface area contributed by atoms with E-state index in [1.54, 1.807) is 4.90 Å². The van der Waals surface area contributed by atoms with Crippen molar-refractivity contribution in [3.8, 4) is 5.75 Å². The number of nitrogens with one attached hydrogen (secondary N) is 1. The molecule has 0 bridgehead atoms. The van der Waals surface area contributed by atoms with Crippen molar-refractivity contribution >= 4 is 22.7 Å². The van der Waals surface area contributed by atoms with E-state index in [4.69, 9.17) is 4.74 Å². The third kappa shape index (κ3) is 4.01. The molecule has 0 unspecified atom stereocenters. The molecule has 144 valence electrons. The van der Waals surface area contributed by atoms with Crippen molar-refractivity contribution in [1.82, 2.24) is 14.8 Å². The molecule has 1 saturated heterocycles. The maximum absolute atomic E-state index is 12.7. The number of nitrogens with zero attached hydrogens (tertiary/aromatic N) is 2. The molecule has 4 rings (SSSR count). The third-order valence-electron chi connectivity index (χ3n) is 5.01. The first-order chi connectivity index (χ1) is 13.7. The van der Waals surface area contributed by atoms with Gasteiger partial charge in [0, 0.05) is 37.1 Å². The molecule has 28 heavy (non-hydrogen) atoms. The minimum atomic E-state index is -0.0179. The van der Waals surface area contributed by atoms with E-state index in [1.807, 2.05) is 65.6 Å². The van der Waals surface area contributed by atoms with Crippen molar-refractivity contribution in [2.24, 2.45) is 0 Å².